The van der Waals surface area contributed by atoms with Gasteiger partial charge in [-0.3, -0.25) is 19.3 Å². The molecule has 3 amide bonds. The minimum atomic E-state index is -0.859. The fourth-order valence-electron chi connectivity index (χ4n) is 11.0. The number of rotatable bonds is 11. The number of β-amino-alcohol motifs (C(OH)–C–C–N with tert-alkyl or cyclic N) is 1. The van der Waals surface area contributed by atoms with Crippen LogP contribution in [-0.2, 0) is 20.9 Å². The molecule has 1 saturated carbocycles. The van der Waals surface area contributed by atoms with E-state index < -0.39 is 23.6 Å². The van der Waals surface area contributed by atoms with Gasteiger partial charge >= 0.3 is 0 Å². The molecule has 2 aromatic carbocycles. The maximum atomic E-state index is 14.3. The summed E-state index contributed by atoms with van der Waals surface area (Å²) in [5, 5.41) is 39.6. The molecule has 0 unspecified atom stereocenters. The first-order chi connectivity index (χ1) is 34.3. The number of aliphatic hydroxyl groups is 1. The third kappa shape index (κ3) is 10.3. The Morgan fingerprint density at radius 1 is 0.859 bits per heavy atom. The SMILES string of the molecule is Cc1ncsc1-c1ccc(CNC(=O)[C@@H]2C[C@@H](O)CN2C(=O)[C@@H](NC(=O)C2CCC(N3CCN(c4cnc(N5CCN6c7cc(-c8ccccc8O)nnc7NC[C@H]6C5)nc4)CC3)CC2)C(C)(C)C)cc1. The van der Waals surface area contributed by atoms with Crippen LogP contribution in [0.4, 0.5) is 23.1 Å². The van der Waals surface area contributed by atoms with E-state index in [0.29, 0.717) is 17.3 Å². The van der Waals surface area contributed by atoms with Crippen molar-refractivity contribution in [2.45, 2.75) is 96.6 Å². The first kappa shape index (κ1) is 48.2. The number of phenols is 1. The summed E-state index contributed by atoms with van der Waals surface area (Å²) in [4.78, 5) is 68.0. The average Bonchev–Trinajstić information content (AvgIpc) is 4.01. The van der Waals surface area contributed by atoms with Gasteiger partial charge in [0.1, 0.15) is 17.8 Å². The van der Waals surface area contributed by atoms with Gasteiger partial charge in [-0.1, -0.05) is 57.2 Å². The predicted octanol–water partition coefficient (Wildman–Crippen LogP) is 4.68. The number of nitrogens with zero attached hydrogens (tertiary/aromatic N) is 10. The first-order valence-electron chi connectivity index (χ1n) is 25.1. The molecule has 4 atom stereocenters. The molecule has 5 aliphatic rings. The number of aromatic hydroxyl groups is 1. The largest absolute Gasteiger partial charge is 0.507 e. The van der Waals surface area contributed by atoms with Crippen molar-refractivity contribution in [1.29, 1.82) is 0 Å². The highest BCUT2D eigenvalue weighted by Gasteiger charge is 2.45. The number of benzene rings is 2. The van der Waals surface area contributed by atoms with E-state index in [1.807, 2.05) is 88.1 Å². The second kappa shape index (κ2) is 20.4. The van der Waals surface area contributed by atoms with Crippen LogP contribution >= 0.6 is 11.3 Å². The van der Waals surface area contributed by atoms with Gasteiger partial charge in [0.2, 0.25) is 23.7 Å². The van der Waals surface area contributed by atoms with Crippen LogP contribution in [0, 0.1) is 18.3 Å². The van der Waals surface area contributed by atoms with Gasteiger partial charge in [-0.15, -0.1) is 21.5 Å². The van der Waals surface area contributed by atoms with Crippen molar-refractivity contribution < 1.29 is 24.6 Å². The Kier molecular flexibility index (Phi) is 13.8. The van der Waals surface area contributed by atoms with Crippen LogP contribution in [-0.4, -0.2) is 152 Å². The number of carbonyl (C=O) groups excluding carboxylic acids is 3. The molecule has 374 valence electrons. The summed E-state index contributed by atoms with van der Waals surface area (Å²) in [5.41, 5.74) is 7.46. The number of aromatic nitrogens is 5. The number of piperazine rings is 2. The molecule has 4 fully saturated rings. The Hall–Kier alpha value is -6.44. The summed E-state index contributed by atoms with van der Waals surface area (Å²) in [6.07, 6.45) is 6.47. The van der Waals surface area contributed by atoms with E-state index >= 15 is 0 Å². The lowest BCUT2D eigenvalue weighted by Crippen LogP contribution is -2.58. The number of anilines is 4. The zero-order valence-corrected chi connectivity index (χ0v) is 41.8. The molecule has 71 heavy (non-hydrogen) atoms. The van der Waals surface area contributed by atoms with Crippen molar-refractivity contribution >= 4 is 52.2 Å². The lowest BCUT2D eigenvalue weighted by atomic mass is 9.82. The number of nitrogens with one attached hydrogen (secondary N) is 3. The van der Waals surface area contributed by atoms with E-state index in [9.17, 15) is 24.6 Å². The van der Waals surface area contributed by atoms with Crippen molar-refractivity contribution in [1.82, 2.24) is 45.6 Å². The predicted molar refractivity (Wildman–Crippen MR) is 274 cm³/mol. The van der Waals surface area contributed by atoms with Crippen LogP contribution < -0.4 is 30.7 Å². The molecule has 10 rings (SSSR count). The third-order valence-corrected chi connectivity index (χ3v) is 16.1. The van der Waals surface area contributed by atoms with Gasteiger partial charge in [-0.25, -0.2) is 15.0 Å². The van der Waals surface area contributed by atoms with Gasteiger partial charge in [0, 0.05) is 89.4 Å². The molecule has 7 heterocycles. The highest BCUT2D eigenvalue weighted by Crippen LogP contribution is 2.37. The van der Waals surface area contributed by atoms with Crippen molar-refractivity contribution in [3.05, 3.63) is 83.8 Å². The summed E-state index contributed by atoms with van der Waals surface area (Å²) in [5.74, 6) is 0.649. The average molecular weight is 984 g/mol. The number of aliphatic hydroxyl groups excluding tert-OH is 1. The standard InChI is InChI=1S/C52H65N13O5S/c1-32-45(71-31-57-32)34-11-9-33(10-12-34)25-54-49(69)43-23-39(66)30-65(43)50(70)46(52(2,3)4)58-48(68)35-13-15-36(16-14-35)61-17-19-62(20-18-61)37-26-55-51(56-27-37)63-21-22-64-38(29-63)28-53-47-42(64)24-41(59-60-47)40-7-5-6-8-44(40)67/h5-12,24,26-27,31,35-36,38-39,43,46,66-67H,13-23,25,28-30H2,1-4H3,(H,53,60)(H,54,69)(H,58,68)/t35?,36?,38-,39+,43-,46+/m0/s1. The number of amides is 3. The van der Waals surface area contributed by atoms with Crippen molar-refractivity contribution in [2.75, 3.05) is 78.9 Å². The van der Waals surface area contributed by atoms with Gasteiger partial charge in [0.15, 0.2) is 5.82 Å². The molecule has 0 spiro atoms. The van der Waals surface area contributed by atoms with Gasteiger partial charge in [-0.2, -0.15) is 0 Å². The van der Waals surface area contributed by atoms with E-state index in [-0.39, 0.29) is 54.9 Å². The van der Waals surface area contributed by atoms with Gasteiger partial charge < -0.3 is 45.8 Å². The molecular weight excluding hydrogens is 919 g/mol. The van der Waals surface area contributed by atoms with Crippen LogP contribution in [0.25, 0.3) is 21.7 Å². The van der Waals surface area contributed by atoms with Crippen LogP contribution in [0.5, 0.6) is 5.75 Å². The Morgan fingerprint density at radius 2 is 1.59 bits per heavy atom. The number of hydrogen-bond acceptors (Lipinski definition) is 16. The molecule has 1 aliphatic carbocycles. The van der Waals surface area contributed by atoms with E-state index in [4.69, 9.17) is 9.97 Å². The maximum absolute atomic E-state index is 14.3. The Balaban J connectivity index is 0.679. The summed E-state index contributed by atoms with van der Waals surface area (Å²) < 4.78 is 0. The minimum absolute atomic E-state index is 0.0355. The molecule has 3 saturated heterocycles. The Labute approximate surface area is 418 Å². The van der Waals surface area contributed by atoms with Gasteiger partial charge in [-0.05, 0) is 67.3 Å². The highest BCUT2D eigenvalue weighted by molar-refractivity contribution is 7.13. The van der Waals surface area contributed by atoms with Gasteiger partial charge in [0.25, 0.3) is 0 Å². The van der Waals surface area contributed by atoms with Crippen molar-refractivity contribution in [3.63, 3.8) is 0 Å². The highest BCUT2D eigenvalue weighted by atomic mass is 32.1. The normalized spacial score (nSPS) is 23.1. The number of phenolic OH excluding ortho intramolecular Hbond substituents is 1. The number of likely N-dealkylation sites (tertiary alicyclic amines) is 1. The monoisotopic (exact) mass is 983 g/mol. The van der Waals surface area contributed by atoms with Crippen molar-refractivity contribution in [2.24, 2.45) is 11.3 Å². The number of para-hydroxylation sites is 1. The molecule has 4 aliphatic heterocycles. The van der Waals surface area contributed by atoms with E-state index in [1.165, 1.54) is 4.90 Å². The number of carbonyl (C=O) groups is 3. The Morgan fingerprint density at radius 3 is 2.30 bits per heavy atom. The number of hydrogen-bond donors (Lipinski definition) is 5. The third-order valence-electron chi connectivity index (χ3n) is 15.1. The first-order valence-corrected chi connectivity index (χ1v) is 25.9. The number of aryl methyl sites for hydroxylation is 1. The quantitative estimate of drug-likeness (QED) is 0.122. The molecule has 0 bridgehead atoms. The number of fused-ring (bicyclic) bond motifs is 3. The fraction of sp³-hybridized carbons (Fsp3) is 0.500. The minimum Gasteiger partial charge on any atom is -0.507 e. The van der Waals surface area contributed by atoms with Crippen LogP contribution in [0.1, 0.15) is 64.1 Å². The van der Waals surface area contributed by atoms with E-state index in [0.717, 1.165) is 123 Å². The maximum Gasteiger partial charge on any atom is 0.246 e. The summed E-state index contributed by atoms with van der Waals surface area (Å²) in [7, 11) is 0. The lowest BCUT2D eigenvalue weighted by Gasteiger charge is -2.45. The second-order valence-corrected chi connectivity index (χ2v) is 21.7. The number of thiazole rings is 1. The molecule has 5 aromatic rings. The van der Waals surface area contributed by atoms with Crippen LogP contribution in [0.15, 0.2) is 72.5 Å². The molecule has 0 radical (unpaired) electrons. The molecular formula is C52H65N13O5S. The van der Waals surface area contributed by atoms with E-state index in [2.05, 4.69) is 50.7 Å². The zero-order chi connectivity index (χ0) is 49.4. The summed E-state index contributed by atoms with van der Waals surface area (Å²) in [6, 6.07) is 16.1. The van der Waals surface area contributed by atoms with Crippen LogP contribution in [0.2, 0.25) is 0 Å². The molecule has 19 heteroatoms. The van der Waals surface area contributed by atoms with Crippen molar-refractivity contribution in [3.8, 4) is 27.4 Å². The zero-order valence-electron chi connectivity index (χ0n) is 41.0. The summed E-state index contributed by atoms with van der Waals surface area (Å²) in [6.45, 7) is 14.7. The Bertz CT molecular complexity index is 2700. The second-order valence-electron chi connectivity index (χ2n) is 20.8. The summed E-state index contributed by atoms with van der Waals surface area (Å²) >= 11 is 1.59. The topological polar surface area (TPSA) is 208 Å². The molecule has 5 N–H and O–H groups in total. The molecule has 3 aromatic heterocycles. The fourth-order valence-corrected chi connectivity index (χ4v) is 11.8. The van der Waals surface area contributed by atoms with Crippen LogP contribution in [0.3, 0.4) is 0 Å². The van der Waals surface area contributed by atoms with Gasteiger partial charge in [0.05, 0.1) is 57.7 Å². The smallest absolute Gasteiger partial charge is 0.246 e. The molecule has 18 nitrogen and oxygen atoms in total. The lowest BCUT2D eigenvalue weighted by molar-refractivity contribution is -0.144. The van der Waals surface area contributed by atoms with E-state index in [1.54, 1.807) is 23.5 Å².